The highest BCUT2D eigenvalue weighted by Crippen LogP contribution is 2.33. The number of hydrogen-bond acceptors (Lipinski definition) is 7. The summed E-state index contributed by atoms with van der Waals surface area (Å²) in [5.41, 5.74) is 2.87. The summed E-state index contributed by atoms with van der Waals surface area (Å²) in [6, 6.07) is 14.8. The van der Waals surface area contributed by atoms with Gasteiger partial charge in [0.05, 0.1) is 32.7 Å². The first-order valence-electron chi connectivity index (χ1n) is 8.79. The van der Waals surface area contributed by atoms with Gasteiger partial charge in [0.2, 0.25) is 0 Å². The van der Waals surface area contributed by atoms with Gasteiger partial charge in [-0.2, -0.15) is 0 Å². The standard InChI is InChI=1S/C21H22N4O4.ClH/c1-25(21(26)29-4)17-11-14(9-10-19(17)28-3)24-20-12-16(22-13-23-20)15-7-5-6-8-18(15)27-2;/h5-13H,1-4H3,(H,22,23,24);1H. The Morgan fingerprint density at radius 3 is 2.40 bits per heavy atom. The monoisotopic (exact) mass is 430 g/mol. The molecule has 1 aromatic heterocycles. The van der Waals surface area contributed by atoms with Crippen molar-refractivity contribution in [2.45, 2.75) is 0 Å². The molecule has 8 nitrogen and oxygen atoms in total. The molecular formula is C21H23ClN4O4. The van der Waals surface area contributed by atoms with Crippen molar-refractivity contribution in [3.8, 4) is 22.8 Å². The van der Waals surface area contributed by atoms with E-state index in [1.807, 2.05) is 36.4 Å². The molecule has 0 unspecified atom stereocenters. The summed E-state index contributed by atoms with van der Waals surface area (Å²) in [5.74, 6) is 1.86. The lowest BCUT2D eigenvalue weighted by Crippen LogP contribution is -2.26. The molecule has 0 saturated heterocycles. The van der Waals surface area contributed by atoms with Gasteiger partial charge in [0.15, 0.2) is 0 Å². The van der Waals surface area contributed by atoms with Gasteiger partial charge < -0.3 is 19.5 Å². The Labute approximate surface area is 181 Å². The molecule has 0 aliphatic carbocycles. The minimum Gasteiger partial charge on any atom is -0.496 e. The summed E-state index contributed by atoms with van der Waals surface area (Å²) in [4.78, 5) is 21.9. The SMILES string of the molecule is COC(=O)N(C)c1cc(Nc2cc(-c3ccccc3OC)ncn2)ccc1OC.Cl. The fourth-order valence-electron chi connectivity index (χ4n) is 2.84. The van der Waals surface area contributed by atoms with Crippen molar-refractivity contribution < 1.29 is 19.0 Å². The Morgan fingerprint density at radius 2 is 1.70 bits per heavy atom. The lowest BCUT2D eigenvalue weighted by atomic mass is 10.1. The summed E-state index contributed by atoms with van der Waals surface area (Å²) in [5, 5.41) is 3.23. The second-order valence-electron chi connectivity index (χ2n) is 6.03. The van der Waals surface area contributed by atoms with E-state index in [1.165, 1.54) is 18.3 Å². The van der Waals surface area contributed by atoms with E-state index >= 15 is 0 Å². The summed E-state index contributed by atoms with van der Waals surface area (Å²) >= 11 is 0. The van der Waals surface area contributed by atoms with Crippen molar-refractivity contribution in [2.24, 2.45) is 0 Å². The molecule has 1 heterocycles. The van der Waals surface area contributed by atoms with Crippen molar-refractivity contribution in [1.82, 2.24) is 9.97 Å². The maximum Gasteiger partial charge on any atom is 0.413 e. The number of amides is 1. The number of nitrogens with zero attached hydrogens (tertiary/aromatic N) is 3. The van der Waals surface area contributed by atoms with Crippen LogP contribution in [0.3, 0.4) is 0 Å². The van der Waals surface area contributed by atoms with Crippen LogP contribution in [0.5, 0.6) is 11.5 Å². The Morgan fingerprint density at radius 1 is 0.967 bits per heavy atom. The van der Waals surface area contributed by atoms with Crippen LogP contribution in [0.1, 0.15) is 0 Å². The van der Waals surface area contributed by atoms with Gasteiger partial charge in [-0.1, -0.05) is 12.1 Å². The summed E-state index contributed by atoms with van der Waals surface area (Å²) in [7, 11) is 6.10. The van der Waals surface area contributed by atoms with Crippen LogP contribution < -0.4 is 19.7 Å². The van der Waals surface area contributed by atoms with E-state index in [1.54, 1.807) is 33.4 Å². The molecule has 2 aromatic carbocycles. The summed E-state index contributed by atoms with van der Waals surface area (Å²) < 4.78 is 15.6. The van der Waals surface area contributed by atoms with Crippen molar-refractivity contribution in [3.05, 3.63) is 54.9 Å². The summed E-state index contributed by atoms with van der Waals surface area (Å²) in [6.07, 6.45) is 0.982. The van der Waals surface area contributed by atoms with Crippen LogP contribution in [0, 0.1) is 0 Å². The zero-order valence-corrected chi connectivity index (χ0v) is 17.9. The highest BCUT2D eigenvalue weighted by Gasteiger charge is 2.16. The van der Waals surface area contributed by atoms with Crippen LogP contribution in [-0.2, 0) is 4.74 Å². The fraction of sp³-hybridized carbons (Fsp3) is 0.190. The lowest BCUT2D eigenvalue weighted by Gasteiger charge is -2.19. The predicted molar refractivity (Wildman–Crippen MR) is 118 cm³/mol. The number of rotatable bonds is 6. The highest BCUT2D eigenvalue weighted by molar-refractivity contribution is 5.90. The molecule has 0 saturated carbocycles. The number of hydrogen-bond donors (Lipinski definition) is 1. The first kappa shape index (κ1) is 22.8. The van der Waals surface area contributed by atoms with Gasteiger partial charge in [0.25, 0.3) is 0 Å². The van der Waals surface area contributed by atoms with Gasteiger partial charge >= 0.3 is 6.09 Å². The Hall–Kier alpha value is -3.52. The van der Waals surface area contributed by atoms with Crippen LogP contribution in [-0.4, -0.2) is 44.4 Å². The van der Waals surface area contributed by atoms with Gasteiger partial charge in [0, 0.05) is 24.4 Å². The summed E-state index contributed by atoms with van der Waals surface area (Å²) in [6.45, 7) is 0. The Kier molecular flexibility index (Phi) is 7.83. The van der Waals surface area contributed by atoms with E-state index < -0.39 is 6.09 Å². The zero-order chi connectivity index (χ0) is 20.8. The second kappa shape index (κ2) is 10.3. The molecule has 9 heteroatoms. The number of halogens is 1. The van der Waals surface area contributed by atoms with Gasteiger partial charge in [-0.05, 0) is 30.3 Å². The number of benzene rings is 2. The molecule has 0 spiro atoms. The third kappa shape index (κ3) is 4.90. The minimum absolute atomic E-state index is 0. The van der Waals surface area contributed by atoms with Crippen LogP contribution in [0.2, 0.25) is 0 Å². The maximum atomic E-state index is 11.9. The molecule has 1 N–H and O–H groups in total. The predicted octanol–water partition coefficient (Wildman–Crippen LogP) is 4.53. The van der Waals surface area contributed by atoms with Crippen molar-refractivity contribution in [3.63, 3.8) is 0 Å². The number of ether oxygens (including phenoxy) is 3. The van der Waals surface area contributed by atoms with Crippen LogP contribution in [0.25, 0.3) is 11.3 Å². The first-order chi connectivity index (χ1) is 14.1. The average Bonchev–Trinajstić information content (AvgIpc) is 2.78. The van der Waals surface area contributed by atoms with Crippen LogP contribution in [0.4, 0.5) is 22.0 Å². The lowest BCUT2D eigenvalue weighted by molar-refractivity contribution is 0.180. The quantitative estimate of drug-likeness (QED) is 0.614. The molecule has 0 aliphatic heterocycles. The number of anilines is 3. The molecular weight excluding hydrogens is 408 g/mol. The van der Waals surface area contributed by atoms with Gasteiger partial charge in [-0.3, -0.25) is 4.90 Å². The van der Waals surface area contributed by atoms with E-state index in [-0.39, 0.29) is 12.4 Å². The Bertz CT molecular complexity index is 1020. The normalized spacial score (nSPS) is 9.87. The maximum absolute atomic E-state index is 11.9. The fourth-order valence-corrected chi connectivity index (χ4v) is 2.84. The molecule has 0 fully saturated rings. The number of nitrogens with one attached hydrogen (secondary N) is 1. The molecule has 3 rings (SSSR count). The molecule has 0 radical (unpaired) electrons. The van der Waals surface area contributed by atoms with E-state index in [2.05, 4.69) is 15.3 Å². The van der Waals surface area contributed by atoms with Crippen LogP contribution >= 0.6 is 12.4 Å². The number of aromatic nitrogens is 2. The molecule has 0 atom stereocenters. The van der Waals surface area contributed by atoms with Gasteiger partial charge in [-0.25, -0.2) is 14.8 Å². The third-order valence-electron chi connectivity index (χ3n) is 4.31. The van der Waals surface area contributed by atoms with Gasteiger partial charge in [0.1, 0.15) is 23.6 Å². The third-order valence-corrected chi connectivity index (χ3v) is 4.31. The van der Waals surface area contributed by atoms with Gasteiger partial charge in [-0.15, -0.1) is 12.4 Å². The zero-order valence-electron chi connectivity index (χ0n) is 17.1. The van der Waals surface area contributed by atoms with E-state index in [4.69, 9.17) is 14.2 Å². The molecule has 0 bridgehead atoms. The van der Waals surface area contributed by atoms with E-state index in [0.29, 0.717) is 17.3 Å². The minimum atomic E-state index is -0.499. The molecule has 3 aromatic rings. The van der Waals surface area contributed by atoms with Crippen molar-refractivity contribution >= 4 is 35.7 Å². The van der Waals surface area contributed by atoms with Crippen molar-refractivity contribution in [2.75, 3.05) is 38.6 Å². The highest BCUT2D eigenvalue weighted by atomic mass is 35.5. The second-order valence-corrected chi connectivity index (χ2v) is 6.03. The smallest absolute Gasteiger partial charge is 0.413 e. The topological polar surface area (TPSA) is 85.8 Å². The van der Waals surface area contributed by atoms with E-state index in [0.717, 1.165) is 22.7 Å². The van der Waals surface area contributed by atoms with Crippen molar-refractivity contribution in [1.29, 1.82) is 0 Å². The van der Waals surface area contributed by atoms with Crippen LogP contribution in [0.15, 0.2) is 54.9 Å². The first-order valence-corrected chi connectivity index (χ1v) is 8.79. The molecule has 1 amide bonds. The number of carbonyl (C=O) groups excluding carboxylic acids is 1. The molecule has 30 heavy (non-hydrogen) atoms. The number of methoxy groups -OCH3 is 3. The Balaban J connectivity index is 0.00000320. The largest absolute Gasteiger partial charge is 0.496 e. The molecule has 158 valence electrons. The average molecular weight is 431 g/mol. The number of carbonyl (C=O) groups is 1. The van der Waals surface area contributed by atoms with E-state index in [9.17, 15) is 4.79 Å². The molecule has 0 aliphatic rings. The number of para-hydroxylation sites is 1.